The van der Waals surface area contributed by atoms with E-state index in [0.717, 1.165) is 32.7 Å². The minimum Gasteiger partial charge on any atom is -0.339 e. The highest BCUT2D eigenvalue weighted by Crippen LogP contribution is 2.17. The third-order valence-electron chi connectivity index (χ3n) is 3.75. The average molecular weight is 339 g/mol. The fourth-order valence-corrected chi connectivity index (χ4v) is 2.72. The molecule has 1 atom stereocenters. The van der Waals surface area contributed by atoms with E-state index in [4.69, 9.17) is 0 Å². The summed E-state index contributed by atoms with van der Waals surface area (Å²) in [5.74, 6) is 0.573. The molecule has 1 fully saturated rings. The maximum atomic E-state index is 12.3. The molecule has 0 saturated carbocycles. The van der Waals surface area contributed by atoms with Crippen molar-refractivity contribution in [2.75, 3.05) is 26.2 Å². The molecule has 1 heterocycles. The van der Waals surface area contributed by atoms with Crippen LogP contribution in [0.1, 0.15) is 19.4 Å². The summed E-state index contributed by atoms with van der Waals surface area (Å²) in [7, 11) is 0. The number of piperazine rings is 1. The van der Waals surface area contributed by atoms with Gasteiger partial charge in [0.05, 0.1) is 4.83 Å². The first-order chi connectivity index (χ1) is 9.58. The molecule has 0 aliphatic carbocycles. The topological polar surface area (TPSA) is 23.6 Å². The van der Waals surface area contributed by atoms with Crippen LogP contribution in [0.2, 0.25) is 0 Å². The molecule has 1 aliphatic heterocycles. The molecule has 0 bridgehead atoms. The zero-order valence-corrected chi connectivity index (χ0v) is 13.8. The highest BCUT2D eigenvalue weighted by atomic mass is 79.9. The highest BCUT2D eigenvalue weighted by Gasteiger charge is 2.27. The summed E-state index contributed by atoms with van der Waals surface area (Å²) in [6.07, 6.45) is 0. The number of hydrogen-bond donors (Lipinski definition) is 0. The molecule has 0 N–H and O–H groups in total. The average Bonchev–Trinajstić information content (AvgIpc) is 2.47. The molecule has 1 amide bonds. The van der Waals surface area contributed by atoms with Crippen LogP contribution in [0.5, 0.6) is 0 Å². The first-order valence-corrected chi connectivity index (χ1v) is 8.18. The van der Waals surface area contributed by atoms with Gasteiger partial charge in [-0.05, 0) is 11.5 Å². The summed E-state index contributed by atoms with van der Waals surface area (Å²) >= 11 is 3.51. The van der Waals surface area contributed by atoms with E-state index >= 15 is 0 Å². The zero-order chi connectivity index (χ0) is 14.5. The fourth-order valence-electron chi connectivity index (χ4n) is 2.43. The van der Waals surface area contributed by atoms with E-state index in [2.05, 4.69) is 58.9 Å². The lowest BCUT2D eigenvalue weighted by Crippen LogP contribution is -2.50. The third kappa shape index (κ3) is 4.06. The summed E-state index contributed by atoms with van der Waals surface area (Å²) in [4.78, 5) is 16.6. The molecule has 0 spiro atoms. The van der Waals surface area contributed by atoms with Crippen LogP contribution in [-0.4, -0.2) is 46.7 Å². The number of nitrogens with zero attached hydrogens (tertiary/aromatic N) is 2. The van der Waals surface area contributed by atoms with E-state index in [-0.39, 0.29) is 10.7 Å². The minimum absolute atomic E-state index is 0.0526. The fraction of sp³-hybridized carbons (Fsp3) is 0.562. The van der Waals surface area contributed by atoms with Crippen LogP contribution in [0.15, 0.2) is 30.3 Å². The molecule has 3 nitrogen and oxygen atoms in total. The quantitative estimate of drug-likeness (QED) is 0.788. The number of carbonyl (C=O) groups is 1. The molecule has 1 aliphatic rings. The Morgan fingerprint density at radius 2 is 1.75 bits per heavy atom. The van der Waals surface area contributed by atoms with Gasteiger partial charge in [0, 0.05) is 32.7 Å². The van der Waals surface area contributed by atoms with Gasteiger partial charge >= 0.3 is 0 Å². The SMILES string of the molecule is CC(C)C(Br)C(=O)N1CCN(Cc2ccccc2)CC1. The Morgan fingerprint density at radius 1 is 1.15 bits per heavy atom. The Balaban J connectivity index is 1.82. The maximum Gasteiger partial charge on any atom is 0.236 e. The van der Waals surface area contributed by atoms with Gasteiger partial charge in [-0.15, -0.1) is 0 Å². The first kappa shape index (κ1) is 15.5. The molecule has 20 heavy (non-hydrogen) atoms. The lowest BCUT2D eigenvalue weighted by atomic mass is 10.1. The van der Waals surface area contributed by atoms with Gasteiger partial charge in [0.2, 0.25) is 5.91 Å². The molecule has 4 heteroatoms. The Morgan fingerprint density at radius 3 is 2.30 bits per heavy atom. The normalized spacial score (nSPS) is 18.3. The van der Waals surface area contributed by atoms with E-state index < -0.39 is 0 Å². The number of alkyl halides is 1. The zero-order valence-electron chi connectivity index (χ0n) is 12.3. The molecule has 1 aromatic rings. The van der Waals surface area contributed by atoms with Gasteiger partial charge in [0.25, 0.3) is 0 Å². The van der Waals surface area contributed by atoms with Gasteiger partial charge in [-0.3, -0.25) is 9.69 Å². The largest absolute Gasteiger partial charge is 0.339 e. The monoisotopic (exact) mass is 338 g/mol. The van der Waals surface area contributed by atoms with Crippen LogP contribution in [0.3, 0.4) is 0 Å². The highest BCUT2D eigenvalue weighted by molar-refractivity contribution is 9.10. The Labute approximate surface area is 130 Å². The van der Waals surface area contributed by atoms with Crippen molar-refractivity contribution in [3.05, 3.63) is 35.9 Å². The molecular formula is C16H23BrN2O. The number of hydrogen-bond acceptors (Lipinski definition) is 2. The predicted octanol–water partition coefficient (Wildman–Crippen LogP) is 2.75. The predicted molar refractivity (Wildman–Crippen MR) is 85.9 cm³/mol. The van der Waals surface area contributed by atoms with Crippen molar-refractivity contribution in [2.45, 2.75) is 25.2 Å². The van der Waals surface area contributed by atoms with Crippen molar-refractivity contribution in [3.63, 3.8) is 0 Å². The van der Waals surface area contributed by atoms with E-state index in [1.54, 1.807) is 0 Å². The van der Waals surface area contributed by atoms with Crippen molar-refractivity contribution < 1.29 is 4.79 Å². The van der Waals surface area contributed by atoms with Crippen molar-refractivity contribution in [2.24, 2.45) is 5.92 Å². The van der Waals surface area contributed by atoms with Crippen LogP contribution in [-0.2, 0) is 11.3 Å². The lowest BCUT2D eigenvalue weighted by molar-refractivity contribution is -0.133. The maximum absolute atomic E-state index is 12.3. The second kappa shape index (κ2) is 7.23. The molecule has 0 aromatic heterocycles. The Bertz CT molecular complexity index is 427. The van der Waals surface area contributed by atoms with E-state index in [1.165, 1.54) is 5.56 Å². The number of amides is 1. The van der Waals surface area contributed by atoms with Gasteiger partial charge < -0.3 is 4.90 Å². The van der Waals surface area contributed by atoms with Gasteiger partial charge in [0.15, 0.2) is 0 Å². The molecule has 2 rings (SSSR count). The molecule has 0 radical (unpaired) electrons. The first-order valence-electron chi connectivity index (χ1n) is 7.27. The van der Waals surface area contributed by atoms with Crippen LogP contribution in [0.4, 0.5) is 0 Å². The minimum atomic E-state index is -0.0526. The molecular weight excluding hydrogens is 316 g/mol. The van der Waals surface area contributed by atoms with Crippen molar-refractivity contribution in [3.8, 4) is 0 Å². The second-order valence-corrected chi connectivity index (χ2v) is 6.72. The van der Waals surface area contributed by atoms with Crippen molar-refractivity contribution >= 4 is 21.8 Å². The van der Waals surface area contributed by atoms with Gasteiger partial charge in [-0.25, -0.2) is 0 Å². The number of halogens is 1. The smallest absolute Gasteiger partial charge is 0.236 e. The number of benzene rings is 1. The summed E-state index contributed by atoms with van der Waals surface area (Å²) in [6, 6.07) is 10.5. The Kier molecular flexibility index (Phi) is 5.61. The van der Waals surface area contributed by atoms with E-state index in [9.17, 15) is 4.79 Å². The number of rotatable bonds is 4. The van der Waals surface area contributed by atoms with Crippen molar-refractivity contribution in [1.82, 2.24) is 9.80 Å². The van der Waals surface area contributed by atoms with Gasteiger partial charge in [-0.2, -0.15) is 0 Å². The summed E-state index contributed by atoms with van der Waals surface area (Å²) < 4.78 is 0. The summed E-state index contributed by atoms with van der Waals surface area (Å²) in [5, 5.41) is 0. The van der Waals surface area contributed by atoms with Crippen LogP contribution < -0.4 is 0 Å². The van der Waals surface area contributed by atoms with Gasteiger partial charge in [0.1, 0.15) is 0 Å². The van der Waals surface area contributed by atoms with E-state index in [1.807, 2.05) is 11.0 Å². The number of carbonyl (C=O) groups excluding carboxylic acids is 1. The lowest BCUT2D eigenvalue weighted by Gasteiger charge is -2.36. The summed E-state index contributed by atoms with van der Waals surface area (Å²) in [5.41, 5.74) is 1.34. The van der Waals surface area contributed by atoms with E-state index in [0.29, 0.717) is 5.92 Å². The Hall–Kier alpha value is -0.870. The van der Waals surface area contributed by atoms with Crippen LogP contribution in [0.25, 0.3) is 0 Å². The molecule has 1 saturated heterocycles. The van der Waals surface area contributed by atoms with Crippen LogP contribution >= 0.6 is 15.9 Å². The third-order valence-corrected chi connectivity index (χ3v) is 5.20. The summed E-state index contributed by atoms with van der Waals surface area (Å²) in [6.45, 7) is 8.70. The second-order valence-electron chi connectivity index (χ2n) is 5.73. The van der Waals surface area contributed by atoms with Crippen molar-refractivity contribution in [1.29, 1.82) is 0 Å². The molecule has 1 aromatic carbocycles. The van der Waals surface area contributed by atoms with Gasteiger partial charge in [-0.1, -0.05) is 60.1 Å². The molecule has 1 unspecified atom stereocenters. The standard InChI is InChI=1S/C16H23BrN2O/c1-13(2)15(17)16(20)19-10-8-18(9-11-19)12-14-6-4-3-5-7-14/h3-7,13,15H,8-12H2,1-2H3. The molecule has 110 valence electrons. The van der Waals surface area contributed by atoms with Crippen LogP contribution in [0, 0.1) is 5.92 Å².